The van der Waals surface area contributed by atoms with E-state index in [9.17, 15) is 4.79 Å². The van der Waals surface area contributed by atoms with Gasteiger partial charge in [-0.05, 0) is 52.6 Å². The van der Waals surface area contributed by atoms with Crippen molar-refractivity contribution >= 4 is 18.4 Å². The molecule has 0 atom stereocenters. The fourth-order valence-electron chi connectivity index (χ4n) is 1.74. The Balaban J connectivity index is -0.000000116. The van der Waals surface area contributed by atoms with Crippen molar-refractivity contribution in [2.75, 3.05) is 39.3 Å². The molecular formula is C18H41ClN2O2. The van der Waals surface area contributed by atoms with Crippen molar-refractivity contribution in [1.82, 2.24) is 9.80 Å². The number of hydrogen-bond donors (Lipinski definition) is 1. The molecule has 23 heavy (non-hydrogen) atoms. The van der Waals surface area contributed by atoms with Crippen molar-refractivity contribution in [3.05, 3.63) is 11.6 Å². The Labute approximate surface area is 151 Å². The Morgan fingerprint density at radius 2 is 1.04 bits per heavy atom. The van der Waals surface area contributed by atoms with Gasteiger partial charge in [-0.15, -0.1) is 12.4 Å². The van der Waals surface area contributed by atoms with E-state index in [1.807, 2.05) is 6.92 Å². The lowest BCUT2D eigenvalue weighted by Gasteiger charge is -2.13. The van der Waals surface area contributed by atoms with Crippen molar-refractivity contribution in [1.29, 1.82) is 0 Å². The zero-order valence-corrected chi connectivity index (χ0v) is 17.5. The summed E-state index contributed by atoms with van der Waals surface area (Å²) >= 11 is 0. The zero-order valence-electron chi connectivity index (χ0n) is 16.7. The van der Waals surface area contributed by atoms with Crippen LogP contribution in [0.15, 0.2) is 11.6 Å². The highest BCUT2D eigenvalue weighted by molar-refractivity contribution is 5.85. The second kappa shape index (κ2) is 23.7. The lowest BCUT2D eigenvalue weighted by atomic mass is 10.2. The molecule has 0 bridgehead atoms. The molecule has 0 heterocycles. The van der Waals surface area contributed by atoms with E-state index in [4.69, 9.17) is 5.11 Å². The number of halogens is 1. The standard InChI is InChI=1S/2C6H15N.C6H10O2.ClH/c2*1-4-7(5-2)6-3;1-3-4-5(2)6(7)8;/h2*4-6H2,1-3H3;4H,3H2,1-2H3,(H,7,8);1H. The van der Waals surface area contributed by atoms with E-state index in [1.165, 1.54) is 39.3 Å². The van der Waals surface area contributed by atoms with E-state index < -0.39 is 5.97 Å². The van der Waals surface area contributed by atoms with E-state index in [-0.39, 0.29) is 12.4 Å². The van der Waals surface area contributed by atoms with Gasteiger partial charge < -0.3 is 14.9 Å². The van der Waals surface area contributed by atoms with Crippen LogP contribution in [0.3, 0.4) is 0 Å². The fourth-order valence-corrected chi connectivity index (χ4v) is 1.74. The molecule has 0 aliphatic carbocycles. The number of nitrogens with zero attached hydrogens (tertiary/aromatic N) is 2. The molecule has 0 fully saturated rings. The van der Waals surface area contributed by atoms with Gasteiger partial charge in [-0.2, -0.15) is 0 Å². The maximum Gasteiger partial charge on any atom is 0.330 e. The number of aliphatic carboxylic acids is 1. The molecule has 0 aliphatic rings. The van der Waals surface area contributed by atoms with Crippen molar-refractivity contribution in [2.45, 2.75) is 61.8 Å². The summed E-state index contributed by atoms with van der Waals surface area (Å²) in [7, 11) is 0. The molecule has 0 saturated carbocycles. The summed E-state index contributed by atoms with van der Waals surface area (Å²) in [5.41, 5.74) is 0.424. The molecule has 1 N–H and O–H groups in total. The maximum atomic E-state index is 10.0. The number of rotatable bonds is 8. The third-order valence-electron chi connectivity index (χ3n) is 3.53. The monoisotopic (exact) mass is 352 g/mol. The zero-order chi connectivity index (χ0) is 18.0. The number of carboxylic acid groups (broad SMARTS) is 1. The van der Waals surface area contributed by atoms with Crippen LogP contribution in [0, 0.1) is 0 Å². The van der Waals surface area contributed by atoms with Gasteiger partial charge in [-0.25, -0.2) is 4.79 Å². The average Bonchev–Trinajstić information content (AvgIpc) is 2.52. The first-order valence-corrected chi connectivity index (χ1v) is 8.72. The number of carbonyl (C=O) groups is 1. The normalized spacial score (nSPS) is 10.3. The van der Waals surface area contributed by atoms with Crippen LogP contribution >= 0.6 is 12.4 Å². The summed E-state index contributed by atoms with van der Waals surface area (Å²) < 4.78 is 0. The molecule has 0 aromatic heterocycles. The summed E-state index contributed by atoms with van der Waals surface area (Å²) in [6, 6.07) is 0. The van der Waals surface area contributed by atoms with Gasteiger partial charge in [0.1, 0.15) is 0 Å². The average molecular weight is 353 g/mol. The molecule has 0 amide bonds. The van der Waals surface area contributed by atoms with Gasteiger partial charge in [0.05, 0.1) is 0 Å². The lowest BCUT2D eigenvalue weighted by molar-refractivity contribution is -0.132. The minimum absolute atomic E-state index is 0. The molecule has 0 spiro atoms. The molecule has 0 aromatic carbocycles. The van der Waals surface area contributed by atoms with E-state index >= 15 is 0 Å². The maximum absolute atomic E-state index is 10.0. The van der Waals surface area contributed by atoms with E-state index in [0.717, 1.165) is 6.42 Å². The number of hydrogen-bond acceptors (Lipinski definition) is 3. The van der Waals surface area contributed by atoms with Crippen LogP contribution in [0.4, 0.5) is 0 Å². The summed E-state index contributed by atoms with van der Waals surface area (Å²) in [5, 5.41) is 8.24. The smallest absolute Gasteiger partial charge is 0.330 e. The first-order chi connectivity index (χ1) is 10.4. The number of allylic oxidation sites excluding steroid dienone is 1. The second-order valence-corrected chi connectivity index (χ2v) is 4.84. The Morgan fingerprint density at radius 3 is 1.09 bits per heavy atom. The summed E-state index contributed by atoms with van der Waals surface area (Å²) in [6.07, 6.45) is 2.47. The third kappa shape index (κ3) is 23.8. The van der Waals surface area contributed by atoms with Gasteiger partial charge in [-0.3, -0.25) is 0 Å². The first-order valence-electron chi connectivity index (χ1n) is 8.72. The summed E-state index contributed by atoms with van der Waals surface area (Å²) in [4.78, 5) is 14.8. The van der Waals surface area contributed by atoms with Crippen molar-refractivity contribution < 1.29 is 9.90 Å². The van der Waals surface area contributed by atoms with Crippen LogP contribution in [0.5, 0.6) is 0 Å². The molecule has 0 radical (unpaired) electrons. The summed E-state index contributed by atoms with van der Waals surface area (Å²) in [5.74, 6) is -0.827. The topological polar surface area (TPSA) is 43.8 Å². The van der Waals surface area contributed by atoms with Crippen LogP contribution in [-0.4, -0.2) is 60.1 Å². The fraction of sp³-hybridized carbons (Fsp3) is 0.833. The molecule has 142 valence electrons. The van der Waals surface area contributed by atoms with Crippen molar-refractivity contribution in [3.8, 4) is 0 Å². The van der Waals surface area contributed by atoms with Gasteiger partial charge in [0.2, 0.25) is 0 Å². The van der Waals surface area contributed by atoms with E-state index in [0.29, 0.717) is 5.57 Å². The highest BCUT2D eigenvalue weighted by Crippen LogP contribution is 1.92. The first kappa shape index (κ1) is 30.3. The highest BCUT2D eigenvalue weighted by atomic mass is 35.5. The van der Waals surface area contributed by atoms with E-state index in [1.54, 1.807) is 13.0 Å². The Morgan fingerprint density at radius 1 is 0.783 bits per heavy atom. The molecule has 0 aliphatic heterocycles. The quantitative estimate of drug-likeness (QED) is 0.651. The summed E-state index contributed by atoms with van der Waals surface area (Å²) in [6.45, 7) is 23.7. The molecule has 0 saturated heterocycles. The third-order valence-corrected chi connectivity index (χ3v) is 3.53. The number of carboxylic acids is 1. The predicted molar refractivity (Wildman–Crippen MR) is 106 cm³/mol. The Hall–Kier alpha value is -0.580. The van der Waals surface area contributed by atoms with Crippen molar-refractivity contribution in [2.24, 2.45) is 0 Å². The van der Waals surface area contributed by atoms with E-state index in [2.05, 4.69) is 51.3 Å². The van der Waals surface area contributed by atoms with Gasteiger partial charge in [-0.1, -0.05) is 54.5 Å². The second-order valence-electron chi connectivity index (χ2n) is 4.84. The molecule has 0 rings (SSSR count). The Bertz CT molecular complexity index is 241. The minimum Gasteiger partial charge on any atom is -0.478 e. The molecule has 0 unspecified atom stereocenters. The van der Waals surface area contributed by atoms with Crippen molar-refractivity contribution in [3.63, 3.8) is 0 Å². The van der Waals surface area contributed by atoms with Crippen LogP contribution in [0.2, 0.25) is 0 Å². The molecule has 0 aromatic rings. The van der Waals surface area contributed by atoms with Crippen LogP contribution in [0.1, 0.15) is 61.8 Å². The van der Waals surface area contributed by atoms with Gasteiger partial charge >= 0.3 is 5.97 Å². The predicted octanol–water partition coefficient (Wildman–Crippen LogP) is 4.55. The highest BCUT2D eigenvalue weighted by Gasteiger charge is 1.95. The van der Waals surface area contributed by atoms with Crippen LogP contribution in [0.25, 0.3) is 0 Å². The molecule has 5 heteroatoms. The van der Waals surface area contributed by atoms with Gasteiger partial charge in [0.25, 0.3) is 0 Å². The largest absolute Gasteiger partial charge is 0.478 e. The molecular weight excluding hydrogens is 312 g/mol. The van der Waals surface area contributed by atoms with Crippen LogP contribution < -0.4 is 0 Å². The Kier molecular flexibility index (Phi) is 31.2. The lowest BCUT2D eigenvalue weighted by Crippen LogP contribution is -2.21. The van der Waals surface area contributed by atoms with Crippen LogP contribution in [-0.2, 0) is 4.79 Å². The minimum atomic E-state index is -0.827. The molecule has 4 nitrogen and oxygen atoms in total. The van der Waals surface area contributed by atoms with Gasteiger partial charge in [0.15, 0.2) is 0 Å². The van der Waals surface area contributed by atoms with Gasteiger partial charge in [0, 0.05) is 5.57 Å². The SMILES string of the molecule is CCC=C(C)C(=O)O.CCN(CC)CC.CCN(CC)CC.Cl.